The minimum atomic E-state index is 0. The van der Waals surface area contributed by atoms with Crippen LogP contribution in [0.4, 0.5) is 0 Å². The maximum absolute atomic E-state index is 2.19. The molecule has 5 rings (SSSR count). The Morgan fingerprint density at radius 2 is 0.966 bits per heavy atom. The smallest absolute Gasteiger partial charge is 0.358 e. The molecule has 0 aliphatic heterocycles. The molecule has 29 heavy (non-hydrogen) atoms. The van der Waals surface area contributed by atoms with E-state index in [0.29, 0.717) is 0 Å². The molecule has 0 N–H and O–H groups in total. The summed E-state index contributed by atoms with van der Waals surface area (Å²) in [5.74, 6) is 0. The van der Waals surface area contributed by atoms with E-state index in [1.54, 1.807) is 0 Å². The van der Waals surface area contributed by atoms with Crippen LogP contribution in [-0.2, 0) is 21.7 Å². The van der Waals surface area contributed by atoms with Gasteiger partial charge < -0.3 is 14.9 Å². The molecule has 2 radical (unpaired) electrons. The second-order valence-electron chi connectivity index (χ2n) is 5.93. The summed E-state index contributed by atoms with van der Waals surface area (Å²) in [5.41, 5.74) is 0. The molecule has 0 atom stereocenters. The van der Waals surface area contributed by atoms with Gasteiger partial charge in [0, 0.05) is 0 Å². The van der Waals surface area contributed by atoms with E-state index in [9.17, 15) is 0 Å². The van der Waals surface area contributed by atoms with Crippen LogP contribution in [0.5, 0.6) is 0 Å². The van der Waals surface area contributed by atoms with Crippen LogP contribution in [0.25, 0.3) is 21.5 Å². The quantitative estimate of drug-likeness (QED) is 0.198. The summed E-state index contributed by atoms with van der Waals surface area (Å²) >= 11 is 0. The molecule has 0 fully saturated rings. The summed E-state index contributed by atoms with van der Waals surface area (Å²) in [4.78, 5) is 0. The molecule has 0 spiro atoms. The van der Waals surface area contributed by atoms with Gasteiger partial charge >= 0.3 is 21.7 Å². The van der Waals surface area contributed by atoms with Gasteiger partial charge in [-0.05, 0) is 0 Å². The van der Waals surface area contributed by atoms with Crippen molar-refractivity contribution in [3.8, 4) is 0 Å². The predicted octanol–water partition coefficient (Wildman–Crippen LogP) is 7.08. The predicted molar refractivity (Wildman–Crippen MR) is 130 cm³/mol. The maximum Gasteiger partial charge on any atom is 4.00 e. The largest absolute Gasteiger partial charge is 4.00 e. The Labute approximate surface area is 194 Å². The summed E-state index contributed by atoms with van der Waals surface area (Å²) < 4.78 is 0. The number of benzene rings is 3. The Hall–Kier alpha value is -2.19. The first kappa shape index (κ1) is 26.8. The molecular formula is C27H28SiTi. The molecule has 0 aromatic heterocycles. The second kappa shape index (κ2) is 14.8. The van der Waals surface area contributed by atoms with Crippen molar-refractivity contribution in [2.75, 3.05) is 0 Å². The molecule has 0 saturated heterocycles. The van der Waals surface area contributed by atoms with Gasteiger partial charge in [-0.25, -0.2) is 0 Å². The molecule has 0 aliphatic rings. The topological polar surface area (TPSA) is 0 Å². The molecule has 0 heterocycles. The minimum absolute atomic E-state index is 0. The van der Waals surface area contributed by atoms with Gasteiger partial charge in [0.05, 0.1) is 9.52 Å². The van der Waals surface area contributed by atoms with Crippen LogP contribution in [0.15, 0.2) is 115 Å². The van der Waals surface area contributed by atoms with Gasteiger partial charge in [0.25, 0.3) is 0 Å². The van der Waals surface area contributed by atoms with E-state index >= 15 is 0 Å². The Kier molecular flexibility index (Phi) is 13.6. The van der Waals surface area contributed by atoms with Gasteiger partial charge in [0.1, 0.15) is 0 Å². The SMILES string of the molecule is C[Si]c1ccccc1.[CH3-].[CH3-].[Ti+4].c1ccc2[cH-]ccc2c1.c1ccc2[cH-]ccc2c1. The molecule has 0 bridgehead atoms. The Morgan fingerprint density at radius 1 is 0.552 bits per heavy atom. The fourth-order valence-corrected chi connectivity index (χ4v) is 3.27. The van der Waals surface area contributed by atoms with E-state index in [-0.39, 0.29) is 36.6 Å². The molecule has 0 aliphatic carbocycles. The average Bonchev–Trinajstić information content (AvgIpc) is 3.38. The van der Waals surface area contributed by atoms with E-state index < -0.39 is 0 Å². The van der Waals surface area contributed by atoms with Crippen molar-refractivity contribution in [1.82, 2.24) is 0 Å². The van der Waals surface area contributed by atoms with Crippen LogP contribution in [0.2, 0.25) is 6.55 Å². The summed E-state index contributed by atoms with van der Waals surface area (Å²) in [6, 6.07) is 39.8. The molecule has 0 saturated carbocycles. The second-order valence-corrected chi connectivity index (χ2v) is 7.00. The van der Waals surface area contributed by atoms with Crippen LogP contribution >= 0.6 is 0 Å². The third-order valence-corrected chi connectivity index (χ3v) is 5.07. The van der Waals surface area contributed by atoms with Crippen molar-refractivity contribution in [1.29, 1.82) is 0 Å². The Bertz CT molecular complexity index is 901. The fourth-order valence-electron chi connectivity index (χ4n) is 2.74. The van der Waals surface area contributed by atoms with Gasteiger partial charge in [-0.1, -0.05) is 54.2 Å². The van der Waals surface area contributed by atoms with Crippen molar-refractivity contribution in [2.45, 2.75) is 6.55 Å². The summed E-state index contributed by atoms with van der Waals surface area (Å²) in [6.45, 7) is 2.19. The third-order valence-electron chi connectivity index (χ3n) is 4.16. The van der Waals surface area contributed by atoms with E-state index in [1.807, 2.05) is 6.07 Å². The van der Waals surface area contributed by atoms with Crippen molar-refractivity contribution in [2.24, 2.45) is 0 Å². The maximum atomic E-state index is 2.19. The van der Waals surface area contributed by atoms with E-state index in [4.69, 9.17) is 0 Å². The molecule has 0 unspecified atom stereocenters. The van der Waals surface area contributed by atoms with Crippen LogP contribution in [-0.4, -0.2) is 9.52 Å². The van der Waals surface area contributed by atoms with Gasteiger partial charge in [0.2, 0.25) is 0 Å². The fraction of sp³-hybridized carbons (Fsp3) is 0.0370. The molecule has 5 aromatic carbocycles. The van der Waals surface area contributed by atoms with Gasteiger partial charge in [-0.15, -0.1) is 59.3 Å². The molecule has 2 heteroatoms. The third kappa shape index (κ3) is 8.37. The Morgan fingerprint density at radius 3 is 1.34 bits per heavy atom. The zero-order chi connectivity index (χ0) is 18.0. The van der Waals surface area contributed by atoms with Gasteiger partial charge in [-0.3, -0.25) is 0 Å². The zero-order valence-electron chi connectivity index (χ0n) is 17.5. The van der Waals surface area contributed by atoms with Crippen molar-refractivity contribution in [3.05, 3.63) is 130 Å². The van der Waals surface area contributed by atoms with Gasteiger partial charge in [0.15, 0.2) is 0 Å². The van der Waals surface area contributed by atoms with Crippen molar-refractivity contribution in [3.63, 3.8) is 0 Å². The van der Waals surface area contributed by atoms with Crippen LogP contribution in [0.3, 0.4) is 0 Å². The zero-order valence-corrected chi connectivity index (χ0v) is 20.0. The number of fused-ring (bicyclic) bond motifs is 2. The standard InChI is InChI=1S/2C9H7.C7H8Si.2CH3.Ti/c2*1-2-5-9-7-3-6-8(9)4-1;1-8-7-5-3-2-4-6-7;;;/h2*1-7H;2-6H,1H3;2*1H3;/q2*-1;;2*-1;+4. The van der Waals surface area contributed by atoms with Crippen molar-refractivity contribution >= 4 is 36.3 Å². The molecule has 5 aromatic rings. The molecule has 0 nitrogen and oxygen atoms in total. The van der Waals surface area contributed by atoms with E-state index in [2.05, 4.69) is 116 Å². The monoisotopic (exact) mass is 428 g/mol. The van der Waals surface area contributed by atoms with Crippen LogP contribution in [0, 0.1) is 14.9 Å². The van der Waals surface area contributed by atoms with Gasteiger partial charge in [-0.2, -0.15) is 35.0 Å². The van der Waals surface area contributed by atoms with Crippen LogP contribution < -0.4 is 5.19 Å². The number of rotatable bonds is 1. The number of hydrogen-bond donors (Lipinski definition) is 0. The normalized spacial score (nSPS) is 8.86. The summed E-state index contributed by atoms with van der Waals surface area (Å²) in [7, 11) is 0.930. The molecular weight excluding hydrogens is 400 g/mol. The molecule has 0 amide bonds. The summed E-state index contributed by atoms with van der Waals surface area (Å²) in [5, 5.41) is 6.76. The minimum Gasteiger partial charge on any atom is -0.358 e. The molecule has 144 valence electrons. The first-order valence-corrected chi connectivity index (χ1v) is 10.3. The average molecular weight is 428 g/mol. The summed E-state index contributed by atoms with van der Waals surface area (Å²) in [6.07, 6.45) is 0. The number of hydrogen-bond acceptors (Lipinski definition) is 0. The van der Waals surface area contributed by atoms with E-state index in [0.717, 1.165) is 9.52 Å². The van der Waals surface area contributed by atoms with Crippen molar-refractivity contribution < 1.29 is 21.7 Å². The first-order valence-electron chi connectivity index (χ1n) is 8.80. The van der Waals surface area contributed by atoms with Crippen LogP contribution in [0.1, 0.15) is 0 Å². The first-order chi connectivity index (χ1) is 12.9. The Balaban J connectivity index is 0.000000387. The van der Waals surface area contributed by atoms with E-state index in [1.165, 1.54) is 26.7 Å².